The molecule has 104 valence electrons. The number of rotatable bonds is 5. The zero-order valence-electron chi connectivity index (χ0n) is 10.7. The molecule has 1 amide bonds. The molecular formula is C12H18N4O3. The Morgan fingerprint density at radius 3 is 2.63 bits per heavy atom. The van der Waals surface area contributed by atoms with Crippen LogP contribution < -0.4 is 5.32 Å². The number of aromatic nitrogens is 3. The number of carboxylic acids is 1. The summed E-state index contributed by atoms with van der Waals surface area (Å²) in [5, 5.41) is 19.4. The van der Waals surface area contributed by atoms with Gasteiger partial charge in [0.1, 0.15) is 6.54 Å². The lowest BCUT2D eigenvalue weighted by atomic mass is 9.74. The second-order valence-corrected chi connectivity index (χ2v) is 5.02. The SMILES string of the molecule is O=C(Cn1ccnn1)NCC1(C(=O)O)CCCCC1. The Kier molecular flexibility index (Phi) is 4.13. The van der Waals surface area contributed by atoms with Crippen LogP contribution in [0.2, 0.25) is 0 Å². The lowest BCUT2D eigenvalue weighted by Crippen LogP contribution is -2.45. The van der Waals surface area contributed by atoms with Crippen LogP contribution in [0.3, 0.4) is 0 Å². The second kappa shape index (κ2) is 5.81. The van der Waals surface area contributed by atoms with E-state index in [2.05, 4.69) is 15.6 Å². The summed E-state index contributed by atoms with van der Waals surface area (Å²) in [6, 6.07) is 0. The fraction of sp³-hybridized carbons (Fsp3) is 0.667. The van der Waals surface area contributed by atoms with Gasteiger partial charge in [-0.05, 0) is 12.8 Å². The lowest BCUT2D eigenvalue weighted by molar-refractivity contribution is -0.151. The molecule has 0 saturated heterocycles. The van der Waals surface area contributed by atoms with Crippen molar-refractivity contribution in [3.63, 3.8) is 0 Å². The Balaban J connectivity index is 1.88. The summed E-state index contributed by atoms with van der Waals surface area (Å²) in [6.45, 7) is 0.256. The van der Waals surface area contributed by atoms with Gasteiger partial charge in [0.25, 0.3) is 0 Å². The number of hydrogen-bond acceptors (Lipinski definition) is 4. The number of carbonyl (C=O) groups is 2. The fourth-order valence-corrected chi connectivity index (χ4v) is 2.48. The van der Waals surface area contributed by atoms with Crippen LogP contribution in [0.15, 0.2) is 12.4 Å². The Morgan fingerprint density at radius 1 is 1.32 bits per heavy atom. The number of nitrogens with one attached hydrogen (secondary N) is 1. The molecule has 0 aliphatic heterocycles. The van der Waals surface area contributed by atoms with E-state index in [1.54, 1.807) is 6.20 Å². The van der Waals surface area contributed by atoms with E-state index in [9.17, 15) is 14.7 Å². The minimum absolute atomic E-state index is 0.0652. The van der Waals surface area contributed by atoms with E-state index in [4.69, 9.17) is 0 Å². The van der Waals surface area contributed by atoms with Crippen molar-refractivity contribution in [2.24, 2.45) is 5.41 Å². The summed E-state index contributed by atoms with van der Waals surface area (Å²) >= 11 is 0. The van der Waals surface area contributed by atoms with Gasteiger partial charge in [-0.15, -0.1) is 5.10 Å². The van der Waals surface area contributed by atoms with Gasteiger partial charge in [0, 0.05) is 12.7 Å². The van der Waals surface area contributed by atoms with Crippen molar-refractivity contribution in [2.75, 3.05) is 6.54 Å². The van der Waals surface area contributed by atoms with Gasteiger partial charge >= 0.3 is 5.97 Å². The quantitative estimate of drug-likeness (QED) is 0.805. The Hall–Kier alpha value is -1.92. The lowest BCUT2D eigenvalue weighted by Gasteiger charge is -2.33. The highest BCUT2D eigenvalue weighted by atomic mass is 16.4. The zero-order chi connectivity index (χ0) is 13.7. The number of nitrogens with zero attached hydrogens (tertiary/aromatic N) is 3. The van der Waals surface area contributed by atoms with Gasteiger partial charge in [-0.2, -0.15) is 0 Å². The van der Waals surface area contributed by atoms with Gasteiger partial charge < -0.3 is 10.4 Å². The van der Waals surface area contributed by atoms with E-state index >= 15 is 0 Å². The van der Waals surface area contributed by atoms with Gasteiger partial charge in [-0.25, -0.2) is 4.68 Å². The highest BCUT2D eigenvalue weighted by molar-refractivity contribution is 5.79. The van der Waals surface area contributed by atoms with Crippen LogP contribution in [0, 0.1) is 5.41 Å². The molecule has 19 heavy (non-hydrogen) atoms. The third kappa shape index (κ3) is 3.30. The second-order valence-electron chi connectivity index (χ2n) is 5.02. The molecule has 2 rings (SSSR count). The molecule has 1 heterocycles. The van der Waals surface area contributed by atoms with E-state index < -0.39 is 11.4 Å². The molecule has 1 saturated carbocycles. The van der Waals surface area contributed by atoms with E-state index in [1.807, 2.05) is 0 Å². The third-order valence-corrected chi connectivity index (χ3v) is 3.67. The fourth-order valence-electron chi connectivity index (χ4n) is 2.48. The molecule has 1 fully saturated rings. The first kappa shape index (κ1) is 13.5. The molecule has 2 N–H and O–H groups in total. The summed E-state index contributed by atoms with van der Waals surface area (Å²) in [7, 11) is 0. The average Bonchev–Trinajstić information content (AvgIpc) is 2.90. The number of amides is 1. The van der Waals surface area contributed by atoms with Crippen LogP contribution in [0.5, 0.6) is 0 Å². The van der Waals surface area contributed by atoms with Gasteiger partial charge in [-0.3, -0.25) is 9.59 Å². The van der Waals surface area contributed by atoms with E-state index in [0.29, 0.717) is 12.8 Å². The molecule has 0 bridgehead atoms. The summed E-state index contributed by atoms with van der Waals surface area (Å²) in [5.41, 5.74) is -0.795. The molecule has 0 radical (unpaired) electrons. The molecule has 0 spiro atoms. The summed E-state index contributed by atoms with van der Waals surface area (Å²) in [6.07, 6.45) is 7.23. The van der Waals surface area contributed by atoms with E-state index in [1.165, 1.54) is 10.9 Å². The molecule has 1 aliphatic carbocycles. The Labute approximate surface area is 111 Å². The average molecular weight is 266 g/mol. The molecule has 0 unspecified atom stereocenters. The van der Waals surface area contributed by atoms with Crippen LogP contribution >= 0.6 is 0 Å². The summed E-state index contributed by atoms with van der Waals surface area (Å²) in [4.78, 5) is 23.2. The standard InChI is InChI=1S/C12H18N4O3/c17-10(8-16-7-6-14-15-16)13-9-12(11(18)19)4-2-1-3-5-12/h6-7H,1-5,8-9H2,(H,13,17)(H,18,19). The maximum absolute atomic E-state index is 11.7. The maximum Gasteiger partial charge on any atom is 0.311 e. The molecule has 1 aromatic heterocycles. The first-order valence-corrected chi connectivity index (χ1v) is 6.47. The van der Waals surface area contributed by atoms with Gasteiger partial charge in [0.2, 0.25) is 5.91 Å². The number of hydrogen-bond donors (Lipinski definition) is 2. The van der Waals surface area contributed by atoms with E-state index in [0.717, 1.165) is 19.3 Å². The van der Waals surface area contributed by atoms with Crippen molar-refractivity contribution < 1.29 is 14.7 Å². The molecule has 0 atom stereocenters. The Morgan fingerprint density at radius 2 is 2.05 bits per heavy atom. The highest BCUT2D eigenvalue weighted by Gasteiger charge is 2.39. The number of carboxylic acid groups (broad SMARTS) is 1. The first-order valence-electron chi connectivity index (χ1n) is 6.47. The predicted molar refractivity (Wildman–Crippen MR) is 66.2 cm³/mol. The van der Waals surface area contributed by atoms with Crippen LogP contribution in [-0.2, 0) is 16.1 Å². The van der Waals surface area contributed by atoms with Crippen molar-refractivity contribution >= 4 is 11.9 Å². The molecule has 1 aliphatic rings. The monoisotopic (exact) mass is 266 g/mol. The van der Waals surface area contributed by atoms with Crippen LogP contribution in [0.4, 0.5) is 0 Å². The van der Waals surface area contributed by atoms with Crippen molar-refractivity contribution in [3.8, 4) is 0 Å². The summed E-state index contributed by atoms with van der Waals surface area (Å²) < 4.78 is 1.41. The van der Waals surface area contributed by atoms with E-state index in [-0.39, 0.29) is 19.0 Å². The normalized spacial score (nSPS) is 17.9. The number of carbonyl (C=O) groups excluding carboxylic acids is 1. The number of aliphatic carboxylic acids is 1. The van der Waals surface area contributed by atoms with Crippen LogP contribution in [0.1, 0.15) is 32.1 Å². The maximum atomic E-state index is 11.7. The van der Waals surface area contributed by atoms with Gasteiger partial charge in [-0.1, -0.05) is 24.5 Å². The van der Waals surface area contributed by atoms with Crippen molar-refractivity contribution in [1.29, 1.82) is 0 Å². The predicted octanol–water partition coefficient (Wildman–Crippen LogP) is 0.429. The molecular weight excluding hydrogens is 248 g/mol. The van der Waals surface area contributed by atoms with Crippen molar-refractivity contribution in [1.82, 2.24) is 20.3 Å². The van der Waals surface area contributed by atoms with Gasteiger partial charge in [0.05, 0.1) is 11.6 Å². The largest absolute Gasteiger partial charge is 0.481 e. The van der Waals surface area contributed by atoms with Gasteiger partial charge in [0.15, 0.2) is 0 Å². The minimum Gasteiger partial charge on any atom is -0.481 e. The molecule has 7 nitrogen and oxygen atoms in total. The first-order chi connectivity index (χ1) is 9.12. The molecule has 1 aromatic rings. The molecule has 7 heteroatoms. The minimum atomic E-state index is -0.812. The summed E-state index contributed by atoms with van der Waals surface area (Å²) in [5.74, 6) is -1.05. The molecule has 0 aromatic carbocycles. The zero-order valence-corrected chi connectivity index (χ0v) is 10.7. The third-order valence-electron chi connectivity index (χ3n) is 3.67. The Bertz CT molecular complexity index is 438. The topological polar surface area (TPSA) is 97.1 Å². The van der Waals surface area contributed by atoms with Crippen molar-refractivity contribution in [3.05, 3.63) is 12.4 Å². The smallest absolute Gasteiger partial charge is 0.311 e. The van der Waals surface area contributed by atoms with Crippen LogP contribution in [0.25, 0.3) is 0 Å². The highest BCUT2D eigenvalue weighted by Crippen LogP contribution is 2.35. The van der Waals surface area contributed by atoms with Crippen LogP contribution in [-0.4, -0.2) is 38.5 Å². The van der Waals surface area contributed by atoms with Crippen molar-refractivity contribution in [2.45, 2.75) is 38.6 Å².